The molecular weight excluding hydrogens is 410 g/mol. The second-order valence-electron chi connectivity index (χ2n) is 7.79. The lowest BCUT2D eigenvalue weighted by Gasteiger charge is -2.27. The number of nitrogens with one attached hydrogen (secondary N) is 1. The number of aryl methyl sites for hydroxylation is 1. The number of morpholine rings is 1. The predicted octanol–water partition coefficient (Wildman–Crippen LogP) is 4.25. The maximum Gasteiger partial charge on any atom is 0.257 e. The topological polar surface area (TPSA) is 63.6 Å². The Bertz CT molecular complexity index is 1100. The number of anilines is 1. The first-order valence-electron chi connectivity index (χ1n) is 10.4. The standard InChI is InChI=1S/C24H27N3O3S/c1-16-14-21(18(3)27(16)15-19-6-5-13-31-19)23(28)25-22-8-4-7-20(17(22)2)24(29)26-9-11-30-12-10-26/h4-8,13-14H,9-12,15H2,1-3H3,(H,25,28). The number of benzene rings is 1. The molecule has 1 aromatic carbocycles. The molecule has 7 heteroatoms. The summed E-state index contributed by atoms with van der Waals surface area (Å²) >= 11 is 1.71. The van der Waals surface area contributed by atoms with Crippen LogP contribution in [0.1, 0.15) is 42.5 Å². The zero-order valence-corrected chi connectivity index (χ0v) is 18.9. The molecule has 0 spiro atoms. The van der Waals surface area contributed by atoms with Crippen molar-refractivity contribution in [3.05, 3.63) is 74.7 Å². The monoisotopic (exact) mass is 437 g/mol. The number of thiophene rings is 1. The molecule has 1 aliphatic heterocycles. The molecule has 6 nitrogen and oxygen atoms in total. The van der Waals surface area contributed by atoms with Gasteiger partial charge in [-0.05, 0) is 56.0 Å². The summed E-state index contributed by atoms with van der Waals surface area (Å²) in [5.74, 6) is -0.185. The fourth-order valence-electron chi connectivity index (χ4n) is 3.96. The number of amides is 2. The first-order valence-corrected chi connectivity index (χ1v) is 11.3. The smallest absolute Gasteiger partial charge is 0.257 e. The predicted molar refractivity (Wildman–Crippen MR) is 123 cm³/mol. The van der Waals surface area contributed by atoms with Crippen molar-refractivity contribution in [2.75, 3.05) is 31.6 Å². The van der Waals surface area contributed by atoms with Crippen LogP contribution in [0.2, 0.25) is 0 Å². The summed E-state index contributed by atoms with van der Waals surface area (Å²) in [5, 5.41) is 5.08. The molecule has 162 valence electrons. The van der Waals surface area contributed by atoms with Crippen LogP contribution in [0.25, 0.3) is 0 Å². The average Bonchev–Trinajstić information content (AvgIpc) is 3.39. The second kappa shape index (κ2) is 9.08. The van der Waals surface area contributed by atoms with E-state index in [1.54, 1.807) is 16.2 Å². The van der Waals surface area contributed by atoms with E-state index in [0.29, 0.717) is 43.1 Å². The fraction of sp³-hybridized carbons (Fsp3) is 0.333. The molecule has 31 heavy (non-hydrogen) atoms. The van der Waals surface area contributed by atoms with Gasteiger partial charge in [0.1, 0.15) is 0 Å². The number of rotatable bonds is 5. The highest BCUT2D eigenvalue weighted by atomic mass is 32.1. The van der Waals surface area contributed by atoms with E-state index in [4.69, 9.17) is 4.74 Å². The molecule has 0 radical (unpaired) electrons. The maximum absolute atomic E-state index is 13.1. The van der Waals surface area contributed by atoms with E-state index in [1.165, 1.54) is 4.88 Å². The minimum Gasteiger partial charge on any atom is -0.378 e. The average molecular weight is 438 g/mol. The third-order valence-electron chi connectivity index (χ3n) is 5.82. The molecule has 0 bridgehead atoms. The lowest BCUT2D eigenvalue weighted by atomic mass is 10.0. The Morgan fingerprint density at radius 3 is 2.55 bits per heavy atom. The molecule has 2 amide bonds. The Morgan fingerprint density at radius 1 is 1.06 bits per heavy atom. The number of aromatic nitrogens is 1. The van der Waals surface area contributed by atoms with Gasteiger partial charge in [0.05, 0.1) is 25.3 Å². The summed E-state index contributed by atoms with van der Waals surface area (Å²) in [7, 11) is 0. The summed E-state index contributed by atoms with van der Waals surface area (Å²) in [6, 6.07) is 11.5. The van der Waals surface area contributed by atoms with Crippen LogP contribution in [0.4, 0.5) is 5.69 Å². The normalized spacial score (nSPS) is 14.0. The van der Waals surface area contributed by atoms with Crippen molar-refractivity contribution in [1.82, 2.24) is 9.47 Å². The van der Waals surface area contributed by atoms with Gasteiger partial charge in [0.25, 0.3) is 11.8 Å². The third kappa shape index (κ3) is 4.43. The van der Waals surface area contributed by atoms with Crippen LogP contribution in [0, 0.1) is 20.8 Å². The van der Waals surface area contributed by atoms with Crippen molar-refractivity contribution in [2.45, 2.75) is 27.3 Å². The molecule has 1 fully saturated rings. The molecule has 4 rings (SSSR count). The summed E-state index contributed by atoms with van der Waals surface area (Å²) in [5.41, 5.74) is 4.68. The fourth-order valence-corrected chi connectivity index (χ4v) is 4.65. The van der Waals surface area contributed by atoms with E-state index in [9.17, 15) is 9.59 Å². The molecule has 1 N–H and O–H groups in total. The molecule has 0 unspecified atom stereocenters. The van der Waals surface area contributed by atoms with Crippen molar-refractivity contribution in [3.63, 3.8) is 0 Å². The van der Waals surface area contributed by atoms with Gasteiger partial charge in [0.2, 0.25) is 0 Å². The minimum absolute atomic E-state index is 0.0222. The van der Waals surface area contributed by atoms with Gasteiger partial charge in [0, 0.05) is 40.6 Å². The highest BCUT2D eigenvalue weighted by Crippen LogP contribution is 2.24. The zero-order chi connectivity index (χ0) is 22.0. The largest absolute Gasteiger partial charge is 0.378 e. The van der Waals surface area contributed by atoms with Crippen molar-refractivity contribution >= 4 is 28.8 Å². The van der Waals surface area contributed by atoms with Crippen molar-refractivity contribution in [3.8, 4) is 0 Å². The van der Waals surface area contributed by atoms with E-state index in [-0.39, 0.29) is 11.8 Å². The summed E-state index contributed by atoms with van der Waals surface area (Å²) in [6.45, 7) is 8.92. The molecule has 1 saturated heterocycles. The van der Waals surface area contributed by atoms with Gasteiger partial charge in [-0.1, -0.05) is 12.1 Å². The Morgan fingerprint density at radius 2 is 1.84 bits per heavy atom. The van der Waals surface area contributed by atoms with E-state index in [0.717, 1.165) is 23.5 Å². The molecular formula is C24H27N3O3S. The zero-order valence-electron chi connectivity index (χ0n) is 18.1. The summed E-state index contributed by atoms with van der Waals surface area (Å²) in [6.07, 6.45) is 0. The number of hydrogen-bond donors (Lipinski definition) is 1. The van der Waals surface area contributed by atoms with Crippen LogP contribution < -0.4 is 5.32 Å². The molecule has 2 aromatic heterocycles. The van der Waals surface area contributed by atoms with Gasteiger partial charge in [-0.25, -0.2) is 0 Å². The number of carbonyl (C=O) groups excluding carboxylic acids is 2. The number of ether oxygens (including phenoxy) is 1. The van der Waals surface area contributed by atoms with Crippen molar-refractivity contribution in [1.29, 1.82) is 0 Å². The van der Waals surface area contributed by atoms with Crippen LogP contribution >= 0.6 is 11.3 Å². The molecule has 3 heterocycles. The van der Waals surface area contributed by atoms with Gasteiger partial charge in [-0.3, -0.25) is 9.59 Å². The Labute approximate surface area is 186 Å². The number of hydrogen-bond acceptors (Lipinski definition) is 4. The minimum atomic E-state index is -0.162. The summed E-state index contributed by atoms with van der Waals surface area (Å²) < 4.78 is 7.50. The van der Waals surface area contributed by atoms with Gasteiger partial charge >= 0.3 is 0 Å². The number of carbonyl (C=O) groups is 2. The Balaban J connectivity index is 1.54. The lowest BCUT2D eigenvalue weighted by Crippen LogP contribution is -2.41. The van der Waals surface area contributed by atoms with Crippen LogP contribution in [-0.4, -0.2) is 47.6 Å². The maximum atomic E-state index is 13.1. The summed E-state index contributed by atoms with van der Waals surface area (Å²) in [4.78, 5) is 29.1. The Kier molecular flexibility index (Phi) is 6.25. The molecule has 1 aliphatic rings. The first-order chi connectivity index (χ1) is 15.0. The van der Waals surface area contributed by atoms with Crippen LogP contribution in [0.3, 0.4) is 0 Å². The van der Waals surface area contributed by atoms with Gasteiger partial charge in [-0.15, -0.1) is 11.3 Å². The first kappa shape index (κ1) is 21.3. The van der Waals surface area contributed by atoms with Crippen LogP contribution in [-0.2, 0) is 11.3 Å². The van der Waals surface area contributed by atoms with Crippen molar-refractivity contribution in [2.24, 2.45) is 0 Å². The molecule has 0 atom stereocenters. The molecule has 3 aromatic rings. The van der Waals surface area contributed by atoms with Crippen LogP contribution in [0.15, 0.2) is 41.8 Å². The van der Waals surface area contributed by atoms with Crippen LogP contribution in [0.5, 0.6) is 0 Å². The van der Waals surface area contributed by atoms with E-state index < -0.39 is 0 Å². The van der Waals surface area contributed by atoms with E-state index in [1.807, 2.05) is 51.1 Å². The third-order valence-corrected chi connectivity index (χ3v) is 6.68. The van der Waals surface area contributed by atoms with E-state index >= 15 is 0 Å². The van der Waals surface area contributed by atoms with Gasteiger partial charge in [0.15, 0.2) is 0 Å². The molecule has 0 saturated carbocycles. The number of nitrogens with zero attached hydrogens (tertiary/aromatic N) is 2. The van der Waals surface area contributed by atoms with E-state index in [2.05, 4.69) is 21.3 Å². The SMILES string of the molecule is Cc1c(NC(=O)c2cc(C)n(Cc3cccs3)c2C)cccc1C(=O)N1CCOCC1. The highest BCUT2D eigenvalue weighted by molar-refractivity contribution is 7.09. The van der Waals surface area contributed by atoms with Gasteiger partial charge < -0.3 is 19.5 Å². The van der Waals surface area contributed by atoms with Gasteiger partial charge in [-0.2, -0.15) is 0 Å². The molecule has 0 aliphatic carbocycles. The lowest BCUT2D eigenvalue weighted by molar-refractivity contribution is 0.0302. The quantitative estimate of drug-likeness (QED) is 0.649. The van der Waals surface area contributed by atoms with Crippen molar-refractivity contribution < 1.29 is 14.3 Å². The second-order valence-corrected chi connectivity index (χ2v) is 8.82. The Hall–Kier alpha value is -2.90. The highest BCUT2D eigenvalue weighted by Gasteiger charge is 2.22.